The minimum atomic E-state index is -0.990. The first-order chi connectivity index (χ1) is 7.61. The molecule has 1 aliphatic carbocycles. The van der Waals surface area contributed by atoms with Gasteiger partial charge in [-0.1, -0.05) is 30.9 Å². The Morgan fingerprint density at radius 1 is 1.44 bits per heavy atom. The zero-order chi connectivity index (χ0) is 11.7. The van der Waals surface area contributed by atoms with E-state index in [2.05, 4.69) is 5.10 Å². The van der Waals surface area contributed by atoms with Crippen LogP contribution in [0.25, 0.3) is 0 Å². The average Bonchev–Trinajstić information content (AvgIpc) is 2.57. The van der Waals surface area contributed by atoms with Crippen molar-refractivity contribution >= 4 is 17.6 Å². The summed E-state index contributed by atoms with van der Waals surface area (Å²) in [6.45, 7) is 1.74. The molecule has 1 aliphatic rings. The van der Waals surface area contributed by atoms with E-state index in [0.29, 0.717) is 5.69 Å². The molecule has 4 nitrogen and oxygen atoms in total. The first-order valence-corrected chi connectivity index (χ1v) is 5.97. The average molecular weight is 243 g/mol. The Labute approximate surface area is 99.2 Å². The minimum Gasteiger partial charge on any atom is -0.476 e. The predicted molar refractivity (Wildman–Crippen MR) is 61.1 cm³/mol. The molecule has 0 aliphatic heterocycles. The van der Waals surface area contributed by atoms with E-state index in [9.17, 15) is 4.79 Å². The summed E-state index contributed by atoms with van der Waals surface area (Å²) in [5.41, 5.74) is 0.746. The Bertz CT molecular complexity index is 408. The molecule has 88 valence electrons. The second-order valence-electron chi connectivity index (χ2n) is 4.29. The second kappa shape index (κ2) is 4.45. The molecule has 2 rings (SSSR count). The lowest BCUT2D eigenvalue weighted by atomic mass is 9.95. The van der Waals surface area contributed by atoms with Gasteiger partial charge in [-0.15, -0.1) is 0 Å². The van der Waals surface area contributed by atoms with Crippen LogP contribution >= 0.6 is 11.6 Å². The van der Waals surface area contributed by atoms with Crippen LogP contribution in [0.3, 0.4) is 0 Å². The number of carboxylic acids is 1. The Kier molecular flexibility index (Phi) is 3.19. The summed E-state index contributed by atoms with van der Waals surface area (Å²) in [6, 6.07) is 0.200. The molecule has 0 bridgehead atoms. The van der Waals surface area contributed by atoms with Crippen LogP contribution in [0, 0.1) is 6.92 Å². The maximum Gasteiger partial charge on any atom is 0.355 e. The normalized spacial score (nSPS) is 17.6. The first kappa shape index (κ1) is 11.5. The SMILES string of the molecule is Cc1nn(C2CCCCC2)c(C(=O)O)c1Cl. The van der Waals surface area contributed by atoms with E-state index >= 15 is 0 Å². The van der Waals surface area contributed by atoms with E-state index in [4.69, 9.17) is 16.7 Å². The molecular weight excluding hydrogens is 228 g/mol. The predicted octanol–water partition coefficient (Wildman–Crippen LogP) is 3.05. The van der Waals surface area contributed by atoms with Crippen molar-refractivity contribution in [3.05, 3.63) is 16.4 Å². The number of hydrogen-bond donors (Lipinski definition) is 1. The van der Waals surface area contributed by atoms with Crippen LogP contribution < -0.4 is 0 Å². The molecule has 0 unspecified atom stereocenters. The zero-order valence-electron chi connectivity index (χ0n) is 9.24. The molecule has 0 amide bonds. The molecule has 1 heterocycles. The van der Waals surface area contributed by atoms with Crippen LogP contribution in [-0.2, 0) is 0 Å². The van der Waals surface area contributed by atoms with Crippen molar-refractivity contribution < 1.29 is 9.90 Å². The van der Waals surface area contributed by atoms with Gasteiger partial charge in [0.25, 0.3) is 0 Å². The topological polar surface area (TPSA) is 55.1 Å². The lowest BCUT2D eigenvalue weighted by Gasteiger charge is -2.22. The Hall–Kier alpha value is -1.03. The van der Waals surface area contributed by atoms with Crippen molar-refractivity contribution in [3.63, 3.8) is 0 Å². The van der Waals surface area contributed by atoms with Gasteiger partial charge in [0.1, 0.15) is 0 Å². The number of aromatic nitrogens is 2. The van der Waals surface area contributed by atoms with Gasteiger partial charge in [-0.25, -0.2) is 4.79 Å². The summed E-state index contributed by atoms with van der Waals surface area (Å²) >= 11 is 5.96. The fourth-order valence-electron chi connectivity index (χ4n) is 2.31. The molecule has 1 saturated carbocycles. The molecule has 0 atom stereocenters. The largest absolute Gasteiger partial charge is 0.476 e. The fourth-order valence-corrected chi connectivity index (χ4v) is 2.51. The summed E-state index contributed by atoms with van der Waals surface area (Å²) in [4.78, 5) is 11.2. The highest BCUT2D eigenvalue weighted by Gasteiger charge is 2.25. The van der Waals surface area contributed by atoms with Crippen molar-refractivity contribution in [1.82, 2.24) is 9.78 Å². The number of aromatic carboxylic acids is 1. The first-order valence-electron chi connectivity index (χ1n) is 5.59. The molecule has 5 heteroatoms. The molecule has 1 fully saturated rings. The van der Waals surface area contributed by atoms with Gasteiger partial charge in [-0.2, -0.15) is 5.10 Å². The maximum atomic E-state index is 11.2. The van der Waals surface area contributed by atoms with Gasteiger partial charge in [0.2, 0.25) is 0 Å². The van der Waals surface area contributed by atoms with E-state index < -0.39 is 5.97 Å². The van der Waals surface area contributed by atoms with Gasteiger partial charge >= 0.3 is 5.97 Å². The number of hydrogen-bond acceptors (Lipinski definition) is 2. The van der Waals surface area contributed by atoms with Crippen LogP contribution in [0.1, 0.15) is 54.3 Å². The molecule has 0 spiro atoms. The van der Waals surface area contributed by atoms with E-state index in [-0.39, 0.29) is 16.8 Å². The quantitative estimate of drug-likeness (QED) is 0.867. The molecule has 0 aromatic carbocycles. The lowest BCUT2D eigenvalue weighted by Crippen LogP contribution is -2.19. The molecule has 1 N–H and O–H groups in total. The van der Waals surface area contributed by atoms with Crippen LogP contribution in [0.5, 0.6) is 0 Å². The van der Waals surface area contributed by atoms with Crippen molar-refractivity contribution in [3.8, 4) is 0 Å². The molecule has 0 radical (unpaired) electrons. The maximum absolute atomic E-state index is 11.2. The number of halogens is 1. The Morgan fingerprint density at radius 3 is 2.62 bits per heavy atom. The fraction of sp³-hybridized carbons (Fsp3) is 0.636. The van der Waals surface area contributed by atoms with Crippen LogP contribution in [0.2, 0.25) is 5.02 Å². The minimum absolute atomic E-state index is 0.145. The van der Waals surface area contributed by atoms with Crippen molar-refractivity contribution in [2.75, 3.05) is 0 Å². The van der Waals surface area contributed by atoms with Crippen molar-refractivity contribution in [2.24, 2.45) is 0 Å². The van der Waals surface area contributed by atoms with Crippen LogP contribution in [0.4, 0.5) is 0 Å². The Morgan fingerprint density at radius 2 is 2.06 bits per heavy atom. The molecular formula is C11H15ClN2O2. The third-order valence-corrected chi connectivity index (χ3v) is 3.59. The third-order valence-electron chi connectivity index (χ3n) is 3.14. The summed E-state index contributed by atoms with van der Waals surface area (Å²) < 4.78 is 1.61. The van der Waals surface area contributed by atoms with Crippen molar-refractivity contribution in [1.29, 1.82) is 0 Å². The Balaban J connectivity index is 2.38. The number of carboxylic acid groups (broad SMARTS) is 1. The molecule has 0 saturated heterocycles. The highest BCUT2D eigenvalue weighted by atomic mass is 35.5. The van der Waals surface area contributed by atoms with E-state index in [0.717, 1.165) is 25.7 Å². The zero-order valence-corrected chi connectivity index (χ0v) is 10.00. The standard InChI is InChI=1S/C11H15ClN2O2/c1-7-9(12)10(11(15)16)14(13-7)8-5-3-2-4-6-8/h8H,2-6H2,1H3,(H,15,16). The number of aryl methyl sites for hydroxylation is 1. The van der Waals surface area contributed by atoms with Gasteiger partial charge < -0.3 is 5.11 Å². The van der Waals surface area contributed by atoms with Gasteiger partial charge in [0.15, 0.2) is 5.69 Å². The molecule has 16 heavy (non-hydrogen) atoms. The summed E-state index contributed by atoms with van der Waals surface area (Å²) in [5.74, 6) is -0.990. The summed E-state index contributed by atoms with van der Waals surface area (Å²) in [6.07, 6.45) is 5.50. The van der Waals surface area contributed by atoms with Gasteiger partial charge in [0, 0.05) is 0 Å². The highest BCUT2D eigenvalue weighted by Crippen LogP contribution is 2.31. The second-order valence-corrected chi connectivity index (χ2v) is 4.67. The highest BCUT2D eigenvalue weighted by molar-refractivity contribution is 6.33. The molecule has 1 aromatic rings. The summed E-state index contributed by atoms with van der Waals surface area (Å²) in [7, 11) is 0. The van der Waals surface area contributed by atoms with E-state index in [1.54, 1.807) is 11.6 Å². The van der Waals surface area contributed by atoms with Gasteiger partial charge in [-0.05, 0) is 19.8 Å². The van der Waals surface area contributed by atoms with E-state index in [1.807, 2.05) is 0 Å². The summed E-state index contributed by atoms with van der Waals surface area (Å²) in [5, 5.41) is 13.7. The third kappa shape index (κ3) is 1.94. The van der Waals surface area contributed by atoms with E-state index in [1.165, 1.54) is 6.42 Å². The number of nitrogens with zero attached hydrogens (tertiary/aromatic N) is 2. The smallest absolute Gasteiger partial charge is 0.355 e. The number of rotatable bonds is 2. The number of carbonyl (C=O) groups is 1. The van der Waals surface area contributed by atoms with Crippen LogP contribution in [-0.4, -0.2) is 20.9 Å². The van der Waals surface area contributed by atoms with Gasteiger partial charge in [-0.3, -0.25) is 4.68 Å². The lowest BCUT2D eigenvalue weighted by molar-refractivity contribution is 0.0678. The van der Waals surface area contributed by atoms with Crippen molar-refractivity contribution in [2.45, 2.75) is 45.1 Å². The monoisotopic (exact) mass is 242 g/mol. The van der Waals surface area contributed by atoms with Gasteiger partial charge in [0.05, 0.1) is 16.8 Å². The molecule has 1 aromatic heterocycles. The van der Waals surface area contributed by atoms with Crippen LogP contribution in [0.15, 0.2) is 0 Å².